The van der Waals surface area contributed by atoms with Gasteiger partial charge in [-0.25, -0.2) is 9.48 Å². The van der Waals surface area contributed by atoms with Crippen LogP contribution in [0.15, 0.2) is 53.3 Å². The number of ether oxygens (including phenoxy) is 1. The Morgan fingerprint density at radius 2 is 1.67 bits per heavy atom. The van der Waals surface area contributed by atoms with Crippen molar-refractivity contribution in [2.24, 2.45) is 7.05 Å². The van der Waals surface area contributed by atoms with E-state index in [0.717, 1.165) is 10.7 Å². The topological polar surface area (TPSA) is 61.2 Å². The number of aryl methyl sites for hydroxylation is 1. The summed E-state index contributed by atoms with van der Waals surface area (Å²) in [6, 6.07) is 11.2. The third-order valence-electron chi connectivity index (χ3n) is 4.14. The van der Waals surface area contributed by atoms with E-state index in [0.29, 0.717) is 0 Å². The molecule has 0 bridgehead atoms. The van der Waals surface area contributed by atoms with E-state index in [1.807, 2.05) is 0 Å². The van der Waals surface area contributed by atoms with Crippen LogP contribution in [0.3, 0.4) is 0 Å². The van der Waals surface area contributed by atoms with Gasteiger partial charge < -0.3 is 4.74 Å². The van der Waals surface area contributed by atoms with E-state index in [2.05, 4.69) is 5.10 Å². The molecule has 0 unspecified atom stereocenters. The van der Waals surface area contributed by atoms with E-state index < -0.39 is 29.4 Å². The average Bonchev–Trinajstić information content (AvgIpc) is 2.64. The summed E-state index contributed by atoms with van der Waals surface area (Å²) in [6.07, 6.45) is -5.73. The Labute approximate surface area is 152 Å². The summed E-state index contributed by atoms with van der Waals surface area (Å²) >= 11 is 0. The number of aromatic nitrogens is 2. The number of hydrogen-bond acceptors (Lipinski definition) is 4. The van der Waals surface area contributed by atoms with E-state index in [4.69, 9.17) is 4.74 Å². The first-order valence-electron chi connectivity index (χ1n) is 8.03. The monoisotopic (exact) mass is 376 g/mol. The van der Waals surface area contributed by atoms with Crippen molar-refractivity contribution in [3.8, 4) is 0 Å². The summed E-state index contributed by atoms with van der Waals surface area (Å²) in [5, 5.41) is 4.47. The number of nitrogens with zero attached hydrogens (tertiary/aromatic N) is 2. The summed E-state index contributed by atoms with van der Waals surface area (Å²) in [5.41, 5.74) is -1.56. The zero-order chi connectivity index (χ0) is 19.8. The molecule has 0 N–H and O–H groups in total. The van der Waals surface area contributed by atoms with Crippen molar-refractivity contribution in [3.05, 3.63) is 75.7 Å². The Bertz CT molecular complexity index is 1070. The van der Waals surface area contributed by atoms with Crippen molar-refractivity contribution in [2.45, 2.75) is 19.2 Å². The Hall–Kier alpha value is -3.16. The highest BCUT2D eigenvalue weighted by Gasteiger charge is 2.35. The molecule has 0 saturated carbocycles. The van der Waals surface area contributed by atoms with E-state index in [9.17, 15) is 22.8 Å². The smallest absolute Gasteiger partial charge is 0.416 e. The summed E-state index contributed by atoms with van der Waals surface area (Å²) in [7, 11) is 1.38. The average molecular weight is 376 g/mol. The van der Waals surface area contributed by atoms with Gasteiger partial charge in [0.2, 0.25) is 0 Å². The molecular formula is C19H15F3N2O3. The molecule has 0 radical (unpaired) electrons. The minimum absolute atomic E-state index is 0.135. The number of rotatable bonds is 3. The van der Waals surface area contributed by atoms with Crippen molar-refractivity contribution in [2.75, 3.05) is 0 Å². The molecule has 3 aromatic rings. The van der Waals surface area contributed by atoms with Gasteiger partial charge in [0.15, 0.2) is 5.69 Å². The fourth-order valence-electron chi connectivity index (χ4n) is 2.84. The van der Waals surface area contributed by atoms with Gasteiger partial charge in [0.1, 0.15) is 6.10 Å². The fraction of sp³-hybridized carbons (Fsp3) is 0.211. The molecule has 1 heterocycles. The van der Waals surface area contributed by atoms with E-state index >= 15 is 0 Å². The number of halogens is 3. The van der Waals surface area contributed by atoms with E-state index in [1.165, 1.54) is 38.2 Å². The lowest BCUT2D eigenvalue weighted by atomic mass is 10.0. The molecule has 5 nitrogen and oxygen atoms in total. The van der Waals surface area contributed by atoms with Crippen LogP contribution in [0.5, 0.6) is 0 Å². The first-order chi connectivity index (χ1) is 12.7. The largest absolute Gasteiger partial charge is 0.453 e. The number of alkyl halides is 3. The lowest BCUT2D eigenvalue weighted by molar-refractivity contribution is -0.139. The zero-order valence-corrected chi connectivity index (χ0v) is 14.4. The third-order valence-corrected chi connectivity index (χ3v) is 4.14. The second-order valence-corrected chi connectivity index (χ2v) is 5.96. The van der Waals surface area contributed by atoms with Crippen molar-refractivity contribution in [1.29, 1.82) is 0 Å². The highest BCUT2D eigenvalue weighted by Crippen LogP contribution is 2.35. The standard InChI is InChI=1S/C19H15F3N2O3/c1-11(12-7-5-6-10-15(12)19(20,21)22)27-18(26)16-13-8-3-4-9-14(13)17(25)24(2)23-16/h3-11H,1-2H3/t11-/m0/s1. The highest BCUT2D eigenvalue weighted by molar-refractivity contribution is 6.02. The van der Waals surface area contributed by atoms with Gasteiger partial charge in [0.05, 0.1) is 10.9 Å². The molecular weight excluding hydrogens is 361 g/mol. The molecule has 0 fully saturated rings. The number of carbonyl (C=O) groups excluding carboxylic acids is 1. The molecule has 27 heavy (non-hydrogen) atoms. The highest BCUT2D eigenvalue weighted by atomic mass is 19.4. The Kier molecular flexibility index (Phi) is 4.73. The molecule has 140 valence electrons. The third kappa shape index (κ3) is 3.55. The van der Waals surface area contributed by atoms with Gasteiger partial charge in [-0.1, -0.05) is 36.4 Å². The first kappa shape index (κ1) is 18.6. The van der Waals surface area contributed by atoms with Crippen molar-refractivity contribution in [1.82, 2.24) is 9.78 Å². The SMILES string of the molecule is C[C@H](OC(=O)c1nn(C)c(=O)c2ccccc12)c1ccccc1C(F)(F)F. The summed E-state index contributed by atoms with van der Waals surface area (Å²) in [6.45, 7) is 1.35. The molecule has 3 rings (SSSR count). The molecule has 0 aliphatic heterocycles. The van der Waals surface area contributed by atoms with Gasteiger partial charge in [-0.15, -0.1) is 0 Å². The summed E-state index contributed by atoms with van der Waals surface area (Å²) in [5.74, 6) is -0.911. The normalized spacial score (nSPS) is 12.8. The Morgan fingerprint density at radius 1 is 1.07 bits per heavy atom. The van der Waals surface area contributed by atoms with Crippen LogP contribution in [-0.2, 0) is 18.0 Å². The molecule has 1 atom stereocenters. The molecule has 0 aliphatic carbocycles. The van der Waals surface area contributed by atoms with E-state index in [1.54, 1.807) is 18.2 Å². The van der Waals surface area contributed by atoms with Crippen LogP contribution in [0, 0.1) is 0 Å². The van der Waals surface area contributed by atoms with Crippen LogP contribution in [-0.4, -0.2) is 15.7 Å². The second-order valence-electron chi connectivity index (χ2n) is 5.96. The second kappa shape index (κ2) is 6.86. The van der Waals surface area contributed by atoms with Crippen LogP contribution in [0.2, 0.25) is 0 Å². The van der Waals surface area contributed by atoms with Gasteiger partial charge >= 0.3 is 12.1 Å². The van der Waals surface area contributed by atoms with Gasteiger partial charge in [0.25, 0.3) is 5.56 Å². The van der Waals surface area contributed by atoms with Crippen LogP contribution in [0.25, 0.3) is 10.8 Å². The number of hydrogen-bond donors (Lipinski definition) is 0. The number of fused-ring (bicyclic) bond motifs is 1. The molecule has 0 amide bonds. The quantitative estimate of drug-likeness (QED) is 0.651. The molecule has 0 aliphatic rings. The fourth-order valence-corrected chi connectivity index (χ4v) is 2.84. The Balaban J connectivity index is 1.99. The van der Waals surface area contributed by atoms with Crippen LogP contribution in [0.4, 0.5) is 13.2 Å². The molecule has 1 aromatic heterocycles. The van der Waals surface area contributed by atoms with Gasteiger partial charge in [0, 0.05) is 18.0 Å². The minimum Gasteiger partial charge on any atom is -0.453 e. The lowest BCUT2D eigenvalue weighted by Gasteiger charge is -2.19. The van der Waals surface area contributed by atoms with Crippen molar-refractivity contribution in [3.63, 3.8) is 0 Å². The van der Waals surface area contributed by atoms with Crippen LogP contribution in [0.1, 0.15) is 34.6 Å². The maximum atomic E-state index is 13.2. The lowest BCUT2D eigenvalue weighted by Crippen LogP contribution is -2.24. The first-order valence-corrected chi connectivity index (χ1v) is 8.03. The van der Waals surface area contributed by atoms with E-state index in [-0.39, 0.29) is 22.0 Å². The minimum atomic E-state index is -4.57. The summed E-state index contributed by atoms with van der Waals surface area (Å²) in [4.78, 5) is 24.7. The molecule has 2 aromatic carbocycles. The summed E-state index contributed by atoms with van der Waals surface area (Å²) < 4.78 is 45.8. The number of carbonyl (C=O) groups is 1. The van der Waals surface area contributed by atoms with Crippen LogP contribution >= 0.6 is 0 Å². The van der Waals surface area contributed by atoms with Crippen molar-refractivity contribution >= 4 is 16.7 Å². The predicted octanol–water partition coefficient (Wildman–Crippen LogP) is 3.87. The van der Waals surface area contributed by atoms with Gasteiger partial charge in [-0.05, 0) is 19.1 Å². The number of esters is 1. The maximum absolute atomic E-state index is 13.2. The predicted molar refractivity (Wildman–Crippen MR) is 92.3 cm³/mol. The number of benzene rings is 2. The molecule has 8 heteroatoms. The molecule has 0 saturated heterocycles. The van der Waals surface area contributed by atoms with Gasteiger partial charge in [-0.3, -0.25) is 4.79 Å². The van der Waals surface area contributed by atoms with Crippen molar-refractivity contribution < 1.29 is 22.7 Å². The maximum Gasteiger partial charge on any atom is 0.416 e. The molecule has 0 spiro atoms. The van der Waals surface area contributed by atoms with Gasteiger partial charge in [-0.2, -0.15) is 18.3 Å². The zero-order valence-electron chi connectivity index (χ0n) is 14.4. The van der Waals surface area contributed by atoms with Crippen LogP contribution < -0.4 is 5.56 Å². The Morgan fingerprint density at radius 3 is 2.33 bits per heavy atom.